The number of aliphatic hydroxyl groups is 7. The van der Waals surface area contributed by atoms with Gasteiger partial charge < -0.3 is 50.5 Å². The normalized spacial score (nSPS) is 25.5. The summed E-state index contributed by atoms with van der Waals surface area (Å²) in [6, 6.07) is -1.16. The van der Waals surface area contributed by atoms with E-state index in [1.54, 1.807) is 0 Å². The summed E-state index contributed by atoms with van der Waals surface area (Å²) >= 11 is 0. The fraction of sp³-hybridized carbons (Fsp3) is 0.906. The maximum Gasteiger partial charge on any atom is 0.249 e. The minimum Gasteiger partial charge on any atom is -0.394 e. The van der Waals surface area contributed by atoms with Crippen molar-refractivity contribution in [2.45, 2.75) is 172 Å². The minimum atomic E-state index is -1.66. The molecule has 11 heteroatoms. The standard InChI is InChI=1S/C32H61NO10/c1-3-5-7-9-11-12-14-16-18-20-25(36)31(41)33-23(27(37)24(35)19-17-15-13-10-8-6-4-2)22-42-32-30(40)29(39)28(38)26(21-34)43-32/h9,11,23-30,32,34-40H,3-8,10,12-22H2,1-2H3,(H,33,41)/b11-9-. The van der Waals surface area contributed by atoms with Crippen LogP contribution in [0, 0.1) is 0 Å². The van der Waals surface area contributed by atoms with E-state index in [-0.39, 0.29) is 6.42 Å². The largest absolute Gasteiger partial charge is 0.394 e. The number of hydrogen-bond acceptors (Lipinski definition) is 10. The second-order valence-electron chi connectivity index (χ2n) is 11.9. The zero-order chi connectivity index (χ0) is 32.0. The SMILES string of the molecule is CCCC/C=C\CCCCCC(O)C(=O)NC(COC1OC(CO)C(O)C(O)C1O)C(O)C(O)CCCCCCCCC. The van der Waals surface area contributed by atoms with Gasteiger partial charge in [-0.2, -0.15) is 0 Å². The number of allylic oxidation sites excluding steroid dienone is 2. The molecule has 1 amide bonds. The molecule has 1 aliphatic heterocycles. The minimum absolute atomic E-state index is 0.238. The molecule has 8 N–H and O–H groups in total. The molecule has 0 radical (unpaired) electrons. The van der Waals surface area contributed by atoms with Gasteiger partial charge in [0.2, 0.25) is 5.91 Å². The van der Waals surface area contributed by atoms with E-state index < -0.39 is 74.2 Å². The highest BCUT2D eigenvalue weighted by Gasteiger charge is 2.44. The number of rotatable bonds is 25. The van der Waals surface area contributed by atoms with Crippen molar-refractivity contribution in [3.63, 3.8) is 0 Å². The van der Waals surface area contributed by atoms with Crippen LogP contribution >= 0.6 is 0 Å². The number of ether oxygens (including phenoxy) is 2. The van der Waals surface area contributed by atoms with Crippen LogP contribution in [0.1, 0.15) is 117 Å². The van der Waals surface area contributed by atoms with Crippen LogP contribution in [0.5, 0.6) is 0 Å². The Bertz CT molecular complexity index is 724. The summed E-state index contributed by atoms with van der Waals surface area (Å²) in [4.78, 5) is 12.8. The lowest BCUT2D eigenvalue weighted by Gasteiger charge is -2.40. The average Bonchev–Trinajstić information content (AvgIpc) is 3.00. The first kappa shape index (κ1) is 39.9. The summed E-state index contributed by atoms with van der Waals surface area (Å²) < 4.78 is 10.9. The predicted octanol–water partition coefficient (Wildman–Crippen LogP) is 2.21. The van der Waals surface area contributed by atoms with Gasteiger partial charge in [0, 0.05) is 0 Å². The molecule has 0 saturated carbocycles. The van der Waals surface area contributed by atoms with Crippen molar-refractivity contribution in [3.8, 4) is 0 Å². The molecule has 0 aromatic carbocycles. The van der Waals surface area contributed by atoms with E-state index in [0.29, 0.717) is 19.3 Å². The summed E-state index contributed by atoms with van der Waals surface area (Å²) in [5.41, 5.74) is 0. The van der Waals surface area contributed by atoms with Gasteiger partial charge in [0.1, 0.15) is 36.6 Å². The molecule has 11 nitrogen and oxygen atoms in total. The third-order valence-electron chi connectivity index (χ3n) is 8.07. The monoisotopic (exact) mass is 619 g/mol. The maximum atomic E-state index is 12.8. The molecule has 0 aromatic rings. The average molecular weight is 620 g/mol. The molecule has 9 atom stereocenters. The van der Waals surface area contributed by atoms with E-state index in [4.69, 9.17) is 9.47 Å². The number of carbonyl (C=O) groups is 1. The lowest BCUT2D eigenvalue weighted by Crippen LogP contribution is -2.60. The molecule has 0 aliphatic carbocycles. The summed E-state index contributed by atoms with van der Waals surface area (Å²) in [6.07, 6.45) is 7.53. The van der Waals surface area contributed by atoms with E-state index in [9.17, 15) is 40.5 Å². The molecule has 1 saturated heterocycles. The molecule has 1 rings (SSSR count). The van der Waals surface area contributed by atoms with Crippen molar-refractivity contribution >= 4 is 5.91 Å². The van der Waals surface area contributed by atoms with Crippen LogP contribution in [0.2, 0.25) is 0 Å². The van der Waals surface area contributed by atoms with Gasteiger partial charge in [0.05, 0.1) is 25.4 Å². The smallest absolute Gasteiger partial charge is 0.249 e. The molecule has 9 unspecified atom stereocenters. The Labute approximate surface area is 258 Å². The fourth-order valence-electron chi connectivity index (χ4n) is 5.12. The van der Waals surface area contributed by atoms with E-state index in [2.05, 4.69) is 31.3 Å². The van der Waals surface area contributed by atoms with Crippen LogP contribution in [-0.2, 0) is 14.3 Å². The first-order chi connectivity index (χ1) is 20.7. The Morgan fingerprint density at radius 1 is 0.791 bits per heavy atom. The highest BCUT2D eigenvalue weighted by molar-refractivity contribution is 5.80. The highest BCUT2D eigenvalue weighted by Crippen LogP contribution is 2.23. The second kappa shape index (κ2) is 24.1. The van der Waals surface area contributed by atoms with Gasteiger partial charge in [-0.3, -0.25) is 4.79 Å². The number of hydrogen-bond donors (Lipinski definition) is 8. The van der Waals surface area contributed by atoms with Crippen molar-refractivity contribution in [3.05, 3.63) is 12.2 Å². The first-order valence-electron chi connectivity index (χ1n) is 16.6. The molecular weight excluding hydrogens is 558 g/mol. The van der Waals surface area contributed by atoms with Crippen molar-refractivity contribution in [1.29, 1.82) is 0 Å². The van der Waals surface area contributed by atoms with Crippen LogP contribution in [0.25, 0.3) is 0 Å². The molecular formula is C32H61NO10. The molecule has 0 bridgehead atoms. The van der Waals surface area contributed by atoms with Gasteiger partial charge in [0.15, 0.2) is 6.29 Å². The van der Waals surface area contributed by atoms with Crippen LogP contribution in [0.3, 0.4) is 0 Å². The fourth-order valence-corrected chi connectivity index (χ4v) is 5.12. The van der Waals surface area contributed by atoms with E-state index in [1.807, 2.05) is 0 Å². The summed E-state index contributed by atoms with van der Waals surface area (Å²) in [5, 5.41) is 74.5. The summed E-state index contributed by atoms with van der Waals surface area (Å²) in [6.45, 7) is 3.25. The van der Waals surface area contributed by atoms with Crippen LogP contribution < -0.4 is 5.32 Å². The van der Waals surface area contributed by atoms with E-state index in [1.165, 1.54) is 25.7 Å². The van der Waals surface area contributed by atoms with Gasteiger partial charge in [0.25, 0.3) is 0 Å². The number of carbonyl (C=O) groups excluding carboxylic acids is 1. The number of aliphatic hydroxyl groups excluding tert-OH is 7. The van der Waals surface area contributed by atoms with Gasteiger partial charge in [-0.05, 0) is 32.1 Å². The van der Waals surface area contributed by atoms with Crippen LogP contribution in [0.4, 0.5) is 0 Å². The van der Waals surface area contributed by atoms with Crippen LogP contribution in [0.15, 0.2) is 12.2 Å². The quantitative estimate of drug-likeness (QED) is 0.0556. The van der Waals surface area contributed by atoms with Gasteiger partial charge in [-0.1, -0.05) is 96.6 Å². The third kappa shape index (κ3) is 16.1. The molecule has 1 aliphatic rings. The molecule has 254 valence electrons. The Balaban J connectivity index is 2.68. The van der Waals surface area contributed by atoms with E-state index >= 15 is 0 Å². The van der Waals surface area contributed by atoms with Crippen LogP contribution in [-0.4, -0.2) is 110 Å². The number of amides is 1. The van der Waals surface area contributed by atoms with Gasteiger partial charge >= 0.3 is 0 Å². The first-order valence-corrected chi connectivity index (χ1v) is 16.6. The van der Waals surface area contributed by atoms with Crippen molar-refractivity contribution in [2.75, 3.05) is 13.2 Å². The van der Waals surface area contributed by atoms with Crippen molar-refractivity contribution < 1.29 is 50.0 Å². The van der Waals surface area contributed by atoms with Gasteiger partial charge in [-0.25, -0.2) is 0 Å². The zero-order valence-corrected chi connectivity index (χ0v) is 26.4. The lowest BCUT2D eigenvalue weighted by molar-refractivity contribution is -0.303. The summed E-state index contributed by atoms with van der Waals surface area (Å²) in [5.74, 6) is -0.718. The molecule has 1 heterocycles. The predicted molar refractivity (Wildman–Crippen MR) is 164 cm³/mol. The molecule has 0 spiro atoms. The lowest BCUT2D eigenvalue weighted by atomic mass is 9.98. The molecule has 0 aromatic heterocycles. The van der Waals surface area contributed by atoms with E-state index in [0.717, 1.165) is 51.4 Å². The molecule has 43 heavy (non-hydrogen) atoms. The Kier molecular flexibility index (Phi) is 22.4. The highest BCUT2D eigenvalue weighted by atomic mass is 16.7. The second-order valence-corrected chi connectivity index (χ2v) is 11.9. The third-order valence-corrected chi connectivity index (χ3v) is 8.07. The zero-order valence-electron chi connectivity index (χ0n) is 26.4. The maximum absolute atomic E-state index is 12.8. The molecule has 1 fully saturated rings. The van der Waals surface area contributed by atoms with Crippen molar-refractivity contribution in [1.82, 2.24) is 5.32 Å². The number of nitrogens with one attached hydrogen (secondary N) is 1. The van der Waals surface area contributed by atoms with Crippen molar-refractivity contribution in [2.24, 2.45) is 0 Å². The van der Waals surface area contributed by atoms with Gasteiger partial charge in [-0.15, -0.1) is 0 Å². The topological polar surface area (TPSA) is 189 Å². The summed E-state index contributed by atoms with van der Waals surface area (Å²) in [7, 11) is 0. The number of unbranched alkanes of at least 4 members (excludes halogenated alkanes) is 11. The Morgan fingerprint density at radius 3 is 2.02 bits per heavy atom. The Hall–Kier alpha value is -1.15. The Morgan fingerprint density at radius 2 is 1.37 bits per heavy atom.